The molecular weight excluding hydrogens is 351 g/mol. The molecule has 1 aliphatic rings. The van der Waals surface area contributed by atoms with Crippen LogP contribution in [0.4, 0.5) is 10.1 Å². The van der Waals surface area contributed by atoms with E-state index in [4.69, 9.17) is 10.5 Å². The van der Waals surface area contributed by atoms with Gasteiger partial charge in [-0.25, -0.2) is 12.8 Å². The zero-order valence-electron chi connectivity index (χ0n) is 11.0. The molecule has 5 nitrogen and oxygen atoms in total. The normalized spacial score (nSPS) is 21.1. The van der Waals surface area contributed by atoms with E-state index in [9.17, 15) is 12.8 Å². The number of halogens is 2. The molecule has 1 aromatic carbocycles. The molecule has 0 radical (unpaired) electrons. The molecule has 0 bridgehead atoms. The first-order chi connectivity index (χ1) is 9.36. The van der Waals surface area contributed by atoms with E-state index in [1.807, 2.05) is 0 Å². The molecule has 20 heavy (non-hydrogen) atoms. The highest BCUT2D eigenvalue weighted by atomic mass is 79.9. The van der Waals surface area contributed by atoms with Crippen molar-refractivity contribution in [2.24, 2.45) is 0 Å². The predicted molar refractivity (Wildman–Crippen MR) is 77.3 cm³/mol. The third kappa shape index (κ3) is 2.98. The molecule has 0 amide bonds. The van der Waals surface area contributed by atoms with E-state index in [-0.39, 0.29) is 22.8 Å². The van der Waals surface area contributed by atoms with Crippen molar-refractivity contribution in [3.05, 3.63) is 22.4 Å². The Labute approximate surface area is 126 Å². The summed E-state index contributed by atoms with van der Waals surface area (Å²) in [4.78, 5) is -0.402. The van der Waals surface area contributed by atoms with Crippen LogP contribution in [0.1, 0.15) is 12.8 Å². The van der Waals surface area contributed by atoms with Crippen molar-refractivity contribution in [1.29, 1.82) is 0 Å². The fourth-order valence-electron chi connectivity index (χ4n) is 2.23. The van der Waals surface area contributed by atoms with Crippen LogP contribution in [-0.4, -0.2) is 39.0 Å². The molecule has 0 saturated carbocycles. The molecule has 112 valence electrons. The Kier molecular flexibility index (Phi) is 4.68. The second kappa shape index (κ2) is 5.97. The third-order valence-electron chi connectivity index (χ3n) is 3.31. The quantitative estimate of drug-likeness (QED) is 0.830. The Balaban J connectivity index is 2.40. The van der Waals surface area contributed by atoms with Crippen LogP contribution in [0.5, 0.6) is 0 Å². The summed E-state index contributed by atoms with van der Waals surface area (Å²) in [5.41, 5.74) is 5.80. The van der Waals surface area contributed by atoms with Gasteiger partial charge < -0.3 is 10.5 Å². The van der Waals surface area contributed by atoms with Gasteiger partial charge in [-0.2, -0.15) is 4.31 Å². The molecule has 0 aromatic heterocycles. The summed E-state index contributed by atoms with van der Waals surface area (Å²) >= 11 is 2.98. The first-order valence-electron chi connectivity index (χ1n) is 6.13. The van der Waals surface area contributed by atoms with Crippen LogP contribution >= 0.6 is 15.9 Å². The van der Waals surface area contributed by atoms with Crippen molar-refractivity contribution >= 4 is 31.6 Å². The maximum absolute atomic E-state index is 14.1. The van der Waals surface area contributed by atoms with E-state index >= 15 is 0 Å². The van der Waals surface area contributed by atoms with Gasteiger partial charge in [0, 0.05) is 25.9 Å². The van der Waals surface area contributed by atoms with E-state index in [0.717, 1.165) is 12.5 Å². The SMILES string of the molecule is COC1CCCN(S(=O)(=O)c2cc(N)cc(Br)c2F)C1. The minimum absolute atomic E-state index is 0.0383. The van der Waals surface area contributed by atoms with Gasteiger partial charge in [-0.15, -0.1) is 0 Å². The van der Waals surface area contributed by atoms with Crippen LogP contribution in [0.2, 0.25) is 0 Å². The lowest BCUT2D eigenvalue weighted by Crippen LogP contribution is -2.43. The van der Waals surface area contributed by atoms with Crippen LogP contribution in [0.3, 0.4) is 0 Å². The van der Waals surface area contributed by atoms with Gasteiger partial charge in [-0.1, -0.05) is 0 Å². The zero-order chi connectivity index (χ0) is 14.9. The number of sulfonamides is 1. The second-order valence-corrected chi connectivity index (χ2v) is 7.44. The summed E-state index contributed by atoms with van der Waals surface area (Å²) in [7, 11) is -2.37. The first kappa shape index (κ1) is 15.7. The number of piperidine rings is 1. The fourth-order valence-corrected chi connectivity index (χ4v) is 4.47. The molecule has 0 spiro atoms. The van der Waals surface area contributed by atoms with Gasteiger partial charge in [0.1, 0.15) is 4.90 Å². The lowest BCUT2D eigenvalue weighted by molar-refractivity contribution is 0.0571. The maximum atomic E-state index is 14.1. The van der Waals surface area contributed by atoms with Crippen LogP contribution in [-0.2, 0) is 14.8 Å². The number of methoxy groups -OCH3 is 1. The highest BCUT2D eigenvalue weighted by Gasteiger charge is 2.33. The van der Waals surface area contributed by atoms with Crippen molar-refractivity contribution < 1.29 is 17.5 Å². The minimum Gasteiger partial charge on any atom is -0.399 e. The van der Waals surface area contributed by atoms with Crippen molar-refractivity contribution in [3.63, 3.8) is 0 Å². The monoisotopic (exact) mass is 366 g/mol. The zero-order valence-corrected chi connectivity index (χ0v) is 13.4. The average molecular weight is 367 g/mol. The summed E-state index contributed by atoms with van der Waals surface area (Å²) in [6, 6.07) is 2.48. The van der Waals surface area contributed by atoms with E-state index in [1.54, 1.807) is 7.11 Å². The van der Waals surface area contributed by atoms with Crippen molar-refractivity contribution in [1.82, 2.24) is 4.31 Å². The van der Waals surface area contributed by atoms with Crippen LogP contribution in [0, 0.1) is 5.82 Å². The fraction of sp³-hybridized carbons (Fsp3) is 0.500. The van der Waals surface area contributed by atoms with Gasteiger partial charge in [0.2, 0.25) is 10.0 Å². The van der Waals surface area contributed by atoms with E-state index < -0.39 is 20.7 Å². The number of benzene rings is 1. The molecular formula is C12H16BrFN2O3S. The lowest BCUT2D eigenvalue weighted by Gasteiger charge is -2.31. The molecule has 8 heteroatoms. The molecule has 1 saturated heterocycles. The number of ether oxygens (including phenoxy) is 1. The van der Waals surface area contributed by atoms with E-state index in [2.05, 4.69) is 15.9 Å². The average Bonchev–Trinajstić information content (AvgIpc) is 2.42. The maximum Gasteiger partial charge on any atom is 0.246 e. The van der Waals surface area contributed by atoms with Crippen LogP contribution < -0.4 is 5.73 Å². The Bertz CT molecular complexity index is 609. The molecule has 2 N–H and O–H groups in total. The van der Waals surface area contributed by atoms with E-state index in [0.29, 0.717) is 13.0 Å². The molecule has 1 heterocycles. The Hall–Kier alpha value is -0.700. The van der Waals surface area contributed by atoms with E-state index in [1.165, 1.54) is 10.4 Å². The largest absolute Gasteiger partial charge is 0.399 e. The third-order valence-corrected chi connectivity index (χ3v) is 5.75. The topological polar surface area (TPSA) is 72.6 Å². The molecule has 1 aromatic rings. The van der Waals surface area contributed by atoms with Gasteiger partial charge >= 0.3 is 0 Å². The molecule has 1 aliphatic heterocycles. The smallest absolute Gasteiger partial charge is 0.246 e. The van der Waals surface area contributed by atoms with Gasteiger partial charge in [0.05, 0.1) is 10.6 Å². The summed E-state index contributed by atoms with van der Waals surface area (Å²) in [6.45, 7) is 0.582. The minimum atomic E-state index is -3.91. The Morgan fingerprint density at radius 3 is 2.85 bits per heavy atom. The first-order valence-corrected chi connectivity index (χ1v) is 8.37. The summed E-state index contributed by atoms with van der Waals surface area (Å²) in [5, 5.41) is 0. The van der Waals surface area contributed by atoms with Crippen molar-refractivity contribution in [2.75, 3.05) is 25.9 Å². The summed E-state index contributed by atoms with van der Waals surface area (Å²) in [5.74, 6) is -0.821. The Morgan fingerprint density at radius 1 is 1.50 bits per heavy atom. The van der Waals surface area contributed by atoms with Crippen LogP contribution in [0.15, 0.2) is 21.5 Å². The number of hydrogen-bond acceptors (Lipinski definition) is 4. The van der Waals surface area contributed by atoms with Gasteiger partial charge in [-0.3, -0.25) is 0 Å². The molecule has 1 fully saturated rings. The number of nitrogen functional groups attached to an aromatic ring is 1. The second-order valence-electron chi connectivity index (χ2n) is 4.68. The number of nitrogens with zero attached hydrogens (tertiary/aromatic N) is 1. The highest BCUT2D eigenvalue weighted by molar-refractivity contribution is 9.10. The van der Waals surface area contributed by atoms with Crippen molar-refractivity contribution in [3.8, 4) is 0 Å². The van der Waals surface area contributed by atoms with Gasteiger partial charge in [0.15, 0.2) is 5.82 Å². The molecule has 1 atom stereocenters. The Morgan fingerprint density at radius 2 is 2.20 bits per heavy atom. The van der Waals surface area contributed by atoms with Gasteiger partial charge in [0.25, 0.3) is 0 Å². The molecule has 0 aliphatic carbocycles. The number of anilines is 1. The number of nitrogens with two attached hydrogens (primary N) is 1. The standard InChI is InChI=1S/C12H16BrFN2O3S/c1-19-9-3-2-4-16(7-9)20(17,18)11-6-8(15)5-10(13)12(11)14/h5-6,9H,2-4,7,15H2,1H3. The molecule has 1 unspecified atom stereocenters. The van der Waals surface area contributed by atoms with Gasteiger partial charge in [-0.05, 0) is 40.9 Å². The lowest BCUT2D eigenvalue weighted by atomic mass is 10.1. The summed E-state index contributed by atoms with van der Waals surface area (Å²) < 4.78 is 45.6. The summed E-state index contributed by atoms with van der Waals surface area (Å²) in [6.07, 6.45) is 1.32. The predicted octanol–water partition coefficient (Wildman–Crippen LogP) is 1.97. The number of rotatable bonds is 3. The highest BCUT2D eigenvalue weighted by Crippen LogP contribution is 2.29. The number of hydrogen-bond donors (Lipinski definition) is 1. The van der Waals surface area contributed by atoms with Crippen molar-refractivity contribution in [2.45, 2.75) is 23.8 Å². The van der Waals surface area contributed by atoms with Crippen LogP contribution in [0.25, 0.3) is 0 Å². The molecule has 2 rings (SSSR count).